The number of anilines is 1. The molecule has 1 unspecified atom stereocenters. The molecule has 0 radical (unpaired) electrons. The molecule has 1 fully saturated rings. The van der Waals surface area contributed by atoms with Crippen molar-refractivity contribution in [2.45, 2.75) is 51.4 Å². The van der Waals surface area contributed by atoms with E-state index >= 15 is 0 Å². The Morgan fingerprint density at radius 3 is 2.50 bits per heavy atom. The molecule has 6 nitrogen and oxygen atoms in total. The van der Waals surface area contributed by atoms with E-state index in [0.29, 0.717) is 6.42 Å². The van der Waals surface area contributed by atoms with Crippen LogP contribution in [0.25, 0.3) is 0 Å². The summed E-state index contributed by atoms with van der Waals surface area (Å²) in [7, 11) is 1.32. The molecule has 0 aliphatic carbocycles. The van der Waals surface area contributed by atoms with E-state index in [1.807, 2.05) is 27.7 Å². The molecule has 7 heteroatoms. The van der Waals surface area contributed by atoms with E-state index in [9.17, 15) is 14.5 Å². The highest BCUT2D eigenvalue weighted by Crippen LogP contribution is 2.40. The van der Waals surface area contributed by atoms with Gasteiger partial charge in [-0.15, -0.1) is 0 Å². The number of nitro groups is 1. The Kier molecular flexibility index (Phi) is 4.04. The topological polar surface area (TPSA) is 73.6 Å². The minimum atomic E-state index is -0.687. The summed E-state index contributed by atoms with van der Waals surface area (Å²) in [4.78, 5) is 10.2. The second kappa shape index (κ2) is 5.39. The molecule has 22 heavy (non-hydrogen) atoms. The zero-order valence-corrected chi connectivity index (χ0v) is 13.4. The smallest absolute Gasteiger partial charge is 0.313 e. The summed E-state index contributed by atoms with van der Waals surface area (Å²) >= 11 is 0. The molecule has 0 amide bonds. The number of ether oxygens (including phenoxy) is 2. The van der Waals surface area contributed by atoms with Crippen molar-refractivity contribution in [3.63, 3.8) is 0 Å². The minimum absolute atomic E-state index is 0.0184. The maximum atomic E-state index is 14.2. The highest BCUT2D eigenvalue weighted by atomic mass is 19.1. The number of hydrogen-bond acceptors (Lipinski definition) is 5. The number of halogens is 1. The Hall–Kier alpha value is -1.89. The summed E-state index contributed by atoms with van der Waals surface area (Å²) in [6, 6.07) is 2.06. The van der Waals surface area contributed by atoms with Gasteiger partial charge in [0.05, 0.1) is 41.0 Å². The predicted molar refractivity (Wildman–Crippen MR) is 80.9 cm³/mol. The zero-order chi connectivity index (χ0) is 16.7. The molecule has 0 aromatic heterocycles. The lowest BCUT2D eigenvalue weighted by atomic mass is 9.94. The van der Waals surface area contributed by atoms with Crippen molar-refractivity contribution in [1.29, 1.82) is 0 Å². The first-order chi connectivity index (χ1) is 10.1. The molecule has 0 bridgehead atoms. The first-order valence-corrected chi connectivity index (χ1v) is 7.04. The average molecular weight is 312 g/mol. The maximum Gasteiger partial charge on any atom is 0.313 e. The minimum Gasteiger partial charge on any atom is -0.490 e. The van der Waals surface area contributed by atoms with Crippen LogP contribution < -0.4 is 10.1 Å². The Bertz CT molecular complexity index is 601. The van der Waals surface area contributed by atoms with Gasteiger partial charge in [-0.05, 0) is 34.1 Å². The fourth-order valence-electron chi connectivity index (χ4n) is 2.93. The molecule has 0 saturated carbocycles. The summed E-state index contributed by atoms with van der Waals surface area (Å²) < 4.78 is 25.1. The lowest BCUT2D eigenvalue weighted by Gasteiger charge is -2.28. The molecule has 122 valence electrons. The Labute approximate surface area is 128 Å². The van der Waals surface area contributed by atoms with Gasteiger partial charge < -0.3 is 14.8 Å². The van der Waals surface area contributed by atoms with Gasteiger partial charge in [0, 0.05) is 6.07 Å². The van der Waals surface area contributed by atoms with Crippen LogP contribution in [-0.2, 0) is 4.74 Å². The number of nitro benzene ring substituents is 1. The van der Waals surface area contributed by atoms with E-state index < -0.39 is 22.0 Å². The van der Waals surface area contributed by atoms with Crippen molar-refractivity contribution in [2.24, 2.45) is 0 Å². The molecule has 1 N–H and O–H groups in total. The zero-order valence-electron chi connectivity index (χ0n) is 13.4. The fraction of sp³-hybridized carbons (Fsp3) is 0.600. The van der Waals surface area contributed by atoms with Crippen LogP contribution in [0.1, 0.15) is 34.1 Å². The lowest BCUT2D eigenvalue weighted by molar-refractivity contribution is -0.385. The monoisotopic (exact) mass is 312 g/mol. The van der Waals surface area contributed by atoms with Crippen LogP contribution in [0.15, 0.2) is 12.1 Å². The SMILES string of the molecule is COc1cc(NC2CC(C)(C)OC2(C)C)c(F)cc1[N+](=O)[O-]. The second-order valence-electron chi connectivity index (χ2n) is 6.63. The highest BCUT2D eigenvalue weighted by molar-refractivity contribution is 5.59. The summed E-state index contributed by atoms with van der Waals surface area (Å²) in [6.07, 6.45) is 0.693. The van der Waals surface area contributed by atoms with Crippen LogP contribution in [0.4, 0.5) is 15.8 Å². The van der Waals surface area contributed by atoms with Gasteiger partial charge in [-0.2, -0.15) is 0 Å². The van der Waals surface area contributed by atoms with Crippen LogP contribution in [0.5, 0.6) is 5.75 Å². The van der Waals surface area contributed by atoms with E-state index in [2.05, 4.69) is 5.32 Å². The third-order valence-electron chi connectivity index (χ3n) is 3.87. The van der Waals surface area contributed by atoms with E-state index in [-0.39, 0.29) is 23.1 Å². The van der Waals surface area contributed by atoms with Gasteiger partial charge in [-0.25, -0.2) is 4.39 Å². The molecule has 1 aromatic carbocycles. The first-order valence-electron chi connectivity index (χ1n) is 7.04. The van der Waals surface area contributed by atoms with Gasteiger partial charge in [-0.3, -0.25) is 10.1 Å². The van der Waals surface area contributed by atoms with E-state index in [1.165, 1.54) is 13.2 Å². The van der Waals surface area contributed by atoms with Gasteiger partial charge in [-0.1, -0.05) is 0 Å². The van der Waals surface area contributed by atoms with E-state index in [1.54, 1.807) is 0 Å². The van der Waals surface area contributed by atoms with Gasteiger partial charge in [0.2, 0.25) is 0 Å². The quantitative estimate of drug-likeness (QED) is 0.680. The summed E-state index contributed by atoms with van der Waals surface area (Å²) in [5.74, 6) is -0.669. The number of benzene rings is 1. The van der Waals surface area contributed by atoms with E-state index in [0.717, 1.165) is 6.07 Å². The number of methoxy groups -OCH3 is 1. The van der Waals surface area contributed by atoms with Crippen LogP contribution >= 0.6 is 0 Å². The van der Waals surface area contributed by atoms with Gasteiger partial charge in [0.25, 0.3) is 0 Å². The van der Waals surface area contributed by atoms with Crippen LogP contribution in [-0.4, -0.2) is 29.3 Å². The Morgan fingerprint density at radius 1 is 1.41 bits per heavy atom. The molecular weight excluding hydrogens is 291 g/mol. The van der Waals surface area contributed by atoms with Gasteiger partial charge in [0.15, 0.2) is 11.6 Å². The second-order valence-corrected chi connectivity index (χ2v) is 6.63. The van der Waals surface area contributed by atoms with Crippen molar-refractivity contribution in [3.8, 4) is 5.75 Å². The van der Waals surface area contributed by atoms with Crippen LogP contribution in [0.3, 0.4) is 0 Å². The molecule has 1 atom stereocenters. The normalized spacial score (nSPS) is 22.4. The van der Waals surface area contributed by atoms with E-state index in [4.69, 9.17) is 9.47 Å². The third kappa shape index (κ3) is 3.14. The summed E-state index contributed by atoms with van der Waals surface area (Å²) in [6.45, 7) is 7.81. The third-order valence-corrected chi connectivity index (χ3v) is 3.87. The number of rotatable bonds is 4. The molecule has 2 rings (SSSR count). The van der Waals surface area contributed by atoms with Crippen molar-refractivity contribution >= 4 is 11.4 Å². The number of nitrogens with one attached hydrogen (secondary N) is 1. The largest absolute Gasteiger partial charge is 0.490 e. The fourth-order valence-corrected chi connectivity index (χ4v) is 2.93. The molecule has 1 saturated heterocycles. The van der Waals surface area contributed by atoms with Crippen molar-refractivity contribution < 1.29 is 18.8 Å². The highest BCUT2D eigenvalue weighted by Gasteiger charge is 2.46. The molecule has 1 aliphatic heterocycles. The molecule has 1 aliphatic rings. The van der Waals surface area contributed by atoms with Crippen molar-refractivity contribution in [3.05, 3.63) is 28.1 Å². The standard InChI is InChI=1S/C15H21FN2O4/c1-14(2)8-13(15(3,4)22-14)17-10-7-12(21-5)11(18(19)20)6-9(10)16/h6-7,13,17H,8H2,1-5H3. The number of hydrogen-bond donors (Lipinski definition) is 1. The Morgan fingerprint density at radius 2 is 2.05 bits per heavy atom. The molecular formula is C15H21FN2O4. The van der Waals surface area contributed by atoms with Gasteiger partial charge in [0.1, 0.15) is 0 Å². The van der Waals surface area contributed by atoms with Gasteiger partial charge >= 0.3 is 5.69 Å². The molecule has 0 spiro atoms. The maximum absolute atomic E-state index is 14.2. The summed E-state index contributed by atoms with van der Waals surface area (Å²) in [5.41, 5.74) is -1.03. The van der Waals surface area contributed by atoms with Crippen molar-refractivity contribution in [1.82, 2.24) is 0 Å². The average Bonchev–Trinajstić information content (AvgIpc) is 2.58. The first kappa shape index (κ1) is 16.5. The Balaban J connectivity index is 2.32. The molecule has 1 heterocycles. The van der Waals surface area contributed by atoms with Crippen LogP contribution in [0.2, 0.25) is 0 Å². The predicted octanol–water partition coefficient (Wildman–Crippen LogP) is 3.50. The number of nitrogens with zero attached hydrogens (tertiary/aromatic N) is 1. The molecule has 1 aromatic rings. The summed E-state index contributed by atoms with van der Waals surface area (Å²) in [5, 5.41) is 14.0. The lowest BCUT2D eigenvalue weighted by Crippen LogP contribution is -2.38. The van der Waals surface area contributed by atoms with Crippen LogP contribution in [0, 0.1) is 15.9 Å². The van der Waals surface area contributed by atoms with Crippen molar-refractivity contribution in [2.75, 3.05) is 12.4 Å².